The molecule has 1 heterocycles. The molecule has 1 N–H and O–H groups in total. The molecule has 0 bridgehead atoms. The van der Waals surface area contributed by atoms with Crippen molar-refractivity contribution in [1.82, 2.24) is 10.3 Å². The fourth-order valence-electron chi connectivity index (χ4n) is 3.76. The molecule has 0 fully saturated rings. The predicted octanol–water partition coefficient (Wildman–Crippen LogP) is 4.58. The lowest BCUT2D eigenvalue weighted by Crippen LogP contribution is -2.45. The first-order chi connectivity index (χ1) is 18.1. The van der Waals surface area contributed by atoms with Gasteiger partial charge in [0.15, 0.2) is 17.2 Å². The minimum absolute atomic E-state index is 0.0374. The van der Waals surface area contributed by atoms with Gasteiger partial charge in [0.2, 0.25) is 6.79 Å². The third kappa shape index (κ3) is 8.51. The van der Waals surface area contributed by atoms with Gasteiger partial charge in [-0.1, -0.05) is 37.6 Å². The molecule has 0 unspecified atom stereocenters. The van der Waals surface area contributed by atoms with Crippen molar-refractivity contribution in [3.05, 3.63) is 47.2 Å². The Kier molecular flexibility index (Phi) is 12.1. The van der Waals surface area contributed by atoms with E-state index in [1.54, 1.807) is 25.1 Å². The van der Waals surface area contributed by atoms with E-state index in [0.29, 0.717) is 10.8 Å². The van der Waals surface area contributed by atoms with Crippen LogP contribution < -0.4 is 19.5 Å². The van der Waals surface area contributed by atoms with Gasteiger partial charge in [-0.05, 0) is 44.7 Å². The van der Waals surface area contributed by atoms with Crippen LogP contribution in [0.4, 0.5) is 0 Å². The quantitative estimate of drug-likeness (QED) is 0.266. The monoisotopic (exact) mass is 550 g/mol. The summed E-state index contributed by atoms with van der Waals surface area (Å²) in [5, 5.41) is 3.02. The van der Waals surface area contributed by atoms with Gasteiger partial charge in [0.1, 0.15) is 24.0 Å². The van der Waals surface area contributed by atoms with E-state index >= 15 is 0 Å². The standard InChI is InChI=1S/C27H35ClN2O8/c1-7-19(8-2)24(38-21-12-10-9-11-20(21)28)17(4)37-27(33)16(3)30-26(32)23-25(36-15-35-18(5)31)22(34-6)13-14-29-23/h9-14,16-17,19,24H,7-8,15H2,1-6H3,(H,30,32)/t16-,17-,24-/m0/s1. The Bertz CT molecular complexity index is 1090. The fourth-order valence-corrected chi connectivity index (χ4v) is 3.94. The van der Waals surface area contributed by atoms with Gasteiger partial charge >= 0.3 is 11.9 Å². The van der Waals surface area contributed by atoms with Crippen molar-refractivity contribution < 1.29 is 38.1 Å². The molecular weight excluding hydrogens is 516 g/mol. The number of carbonyl (C=O) groups excluding carboxylic acids is 3. The lowest BCUT2D eigenvalue weighted by atomic mass is 9.93. The van der Waals surface area contributed by atoms with Crippen LogP contribution in [0.15, 0.2) is 36.5 Å². The van der Waals surface area contributed by atoms with Crippen LogP contribution >= 0.6 is 11.6 Å². The fraction of sp³-hybridized carbons (Fsp3) is 0.481. The van der Waals surface area contributed by atoms with Crippen LogP contribution in [-0.2, 0) is 19.1 Å². The number of ether oxygens (including phenoxy) is 5. The van der Waals surface area contributed by atoms with Crippen molar-refractivity contribution >= 4 is 29.4 Å². The first-order valence-electron chi connectivity index (χ1n) is 12.3. The zero-order valence-electron chi connectivity index (χ0n) is 22.5. The Morgan fingerprint density at radius 3 is 2.34 bits per heavy atom. The number of rotatable bonds is 14. The average Bonchev–Trinajstić information content (AvgIpc) is 2.89. The molecule has 0 saturated carbocycles. The lowest BCUT2D eigenvalue weighted by Gasteiger charge is -2.32. The Labute approximate surface area is 227 Å². The Balaban J connectivity index is 2.13. The maximum absolute atomic E-state index is 13.0. The van der Waals surface area contributed by atoms with Gasteiger partial charge in [-0.25, -0.2) is 9.78 Å². The summed E-state index contributed by atoms with van der Waals surface area (Å²) in [5.41, 5.74) is -0.152. The van der Waals surface area contributed by atoms with Gasteiger partial charge in [-0.2, -0.15) is 0 Å². The molecule has 1 amide bonds. The van der Waals surface area contributed by atoms with Crippen molar-refractivity contribution in [3.8, 4) is 17.2 Å². The summed E-state index contributed by atoms with van der Waals surface area (Å²) >= 11 is 6.29. The number of benzene rings is 1. The van der Waals surface area contributed by atoms with Crippen molar-refractivity contribution in [3.63, 3.8) is 0 Å². The summed E-state index contributed by atoms with van der Waals surface area (Å²) < 4.78 is 27.3. The van der Waals surface area contributed by atoms with Crippen LogP contribution in [0.25, 0.3) is 0 Å². The van der Waals surface area contributed by atoms with E-state index in [0.717, 1.165) is 12.8 Å². The van der Waals surface area contributed by atoms with Gasteiger partial charge in [0, 0.05) is 19.2 Å². The maximum atomic E-state index is 13.0. The van der Waals surface area contributed by atoms with Gasteiger partial charge < -0.3 is 29.0 Å². The smallest absolute Gasteiger partial charge is 0.328 e. The molecule has 2 rings (SSSR count). The Hall–Kier alpha value is -3.53. The Morgan fingerprint density at radius 2 is 1.74 bits per heavy atom. The van der Waals surface area contributed by atoms with Gasteiger partial charge in [-0.3, -0.25) is 9.59 Å². The molecule has 3 atom stereocenters. The predicted molar refractivity (Wildman–Crippen MR) is 140 cm³/mol. The first kappa shape index (κ1) is 30.7. The number of hydrogen-bond acceptors (Lipinski definition) is 9. The average molecular weight is 551 g/mol. The summed E-state index contributed by atoms with van der Waals surface area (Å²) in [6.45, 7) is 8.09. The summed E-state index contributed by atoms with van der Waals surface area (Å²) in [5.74, 6) is -1.17. The summed E-state index contributed by atoms with van der Waals surface area (Å²) in [6, 6.07) is 7.57. The summed E-state index contributed by atoms with van der Waals surface area (Å²) in [4.78, 5) is 41.0. The second-order valence-electron chi connectivity index (χ2n) is 8.52. The molecule has 10 nitrogen and oxygen atoms in total. The number of carbonyl (C=O) groups is 3. The van der Waals surface area contributed by atoms with Crippen molar-refractivity contribution in [2.75, 3.05) is 13.9 Å². The molecule has 1 aromatic carbocycles. The number of para-hydroxylation sites is 1. The summed E-state index contributed by atoms with van der Waals surface area (Å²) in [7, 11) is 1.39. The van der Waals surface area contributed by atoms with Crippen molar-refractivity contribution in [2.45, 2.75) is 65.7 Å². The van der Waals surface area contributed by atoms with E-state index < -0.39 is 42.9 Å². The van der Waals surface area contributed by atoms with E-state index in [4.69, 9.17) is 35.3 Å². The van der Waals surface area contributed by atoms with Gasteiger partial charge in [-0.15, -0.1) is 0 Å². The number of amides is 1. The van der Waals surface area contributed by atoms with Gasteiger partial charge in [0.25, 0.3) is 5.91 Å². The van der Waals surface area contributed by atoms with Crippen LogP contribution in [0.2, 0.25) is 5.02 Å². The van der Waals surface area contributed by atoms with Crippen LogP contribution in [-0.4, -0.2) is 55.0 Å². The number of nitrogens with zero attached hydrogens (tertiary/aromatic N) is 1. The number of nitrogens with one attached hydrogen (secondary N) is 1. The van der Waals surface area contributed by atoms with Crippen molar-refractivity contribution in [1.29, 1.82) is 0 Å². The molecule has 0 saturated heterocycles. The molecule has 0 radical (unpaired) electrons. The normalized spacial score (nSPS) is 13.2. The van der Waals surface area contributed by atoms with Crippen molar-refractivity contribution in [2.24, 2.45) is 5.92 Å². The summed E-state index contributed by atoms with van der Waals surface area (Å²) in [6.07, 6.45) is 1.86. The molecule has 2 aromatic rings. The third-order valence-corrected chi connectivity index (χ3v) is 6.16. The molecule has 0 spiro atoms. The molecule has 208 valence electrons. The topological polar surface area (TPSA) is 122 Å². The highest BCUT2D eigenvalue weighted by atomic mass is 35.5. The van der Waals surface area contributed by atoms with E-state index in [-0.39, 0.29) is 23.1 Å². The first-order valence-corrected chi connectivity index (χ1v) is 12.7. The molecule has 0 aliphatic carbocycles. The zero-order chi connectivity index (χ0) is 28.2. The van der Waals surface area contributed by atoms with Gasteiger partial charge in [0.05, 0.1) is 12.1 Å². The number of pyridine rings is 1. The zero-order valence-corrected chi connectivity index (χ0v) is 23.2. The van der Waals surface area contributed by atoms with E-state index in [9.17, 15) is 14.4 Å². The molecule has 11 heteroatoms. The second-order valence-corrected chi connectivity index (χ2v) is 8.92. The maximum Gasteiger partial charge on any atom is 0.328 e. The number of methoxy groups -OCH3 is 1. The largest absolute Gasteiger partial charge is 0.493 e. The molecule has 38 heavy (non-hydrogen) atoms. The molecule has 1 aromatic heterocycles. The minimum atomic E-state index is -1.03. The van der Waals surface area contributed by atoms with E-state index in [1.807, 2.05) is 19.9 Å². The van der Waals surface area contributed by atoms with E-state index in [2.05, 4.69) is 10.3 Å². The Morgan fingerprint density at radius 1 is 1.05 bits per heavy atom. The molecular formula is C27H35ClN2O8. The highest BCUT2D eigenvalue weighted by molar-refractivity contribution is 6.32. The highest BCUT2D eigenvalue weighted by Crippen LogP contribution is 2.31. The third-order valence-electron chi connectivity index (χ3n) is 5.85. The van der Waals surface area contributed by atoms with Crippen LogP contribution in [0.3, 0.4) is 0 Å². The van der Waals surface area contributed by atoms with E-state index in [1.165, 1.54) is 33.2 Å². The van der Waals surface area contributed by atoms with Crippen LogP contribution in [0.5, 0.6) is 17.2 Å². The molecule has 0 aliphatic heterocycles. The minimum Gasteiger partial charge on any atom is -0.493 e. The lowest BCUT2D eigenvalue weighted by molar-refractivity contribution is -0.156. The van der Waals surface area contributed by atoms with Crippen LogP contribution in [0.1, 0.15) is 57.9 Å². The SMILES string of the molecule is CCC(CC)[C@@H](Oc1ccccc1Cl)[C@H](C)OC(=O)[C@H](C)NC(=O)c1nccc(OC)c1OCOC(C)=O. The number of halogens is 1. The molecule has 0 aliphatic rings. The van der Waals surface area contributed by atoms with Crippen LogP contribution in [0, 0.1) is 5.92 Å². The number of esters is 2. The highest BCUT2D eigenvalue weighted by Gasteiger charge is 2.32. The second kappa shape index (κ2) is 15.0. The number of aromatic nitrogens is 1. The number of hydrogen-bond donors (Lipinski definition) is 1.